The normalized spacial score (nSPS) is 10.3. The van der Waals surface area contributed by atoms with Crippen LogP contribution < -0.4 is 83.2 Å². The number of aliphatic imine (C=N–C) groups is 4. The van der Waals surface area contributed by atoms with Gasteiger partial charge in [0.15, 0.2) is 0 Å². The van der Waals surface area contributed by atoms with Gasteiger partial charge in [0.25, 0.3) is 11.9 Å². The average molecular weight is 894 g/mol. The van der Waals surface area contributed by atoms with Crippen LogP contribution in [0.3, 0.4) is 0 Å². The van der Waals surface area contributed by atoms with Crippen LogP contribution in [-0.4, -0.2) is 59.1 Å². The van der Waals surface area contributed by atoms with Crippen LogP contribution in [-0.2, 0) is 43.7 Å². The van der Waals surface area contributed by atoms with Crippen LogP contribution in [0.25, 0.3) is 0 Å². The van der Waals surface area contributed by atoms with Crippen LogP contribution >= 0.6 is 23.2 Å². The molecule has 0 unspecified atom stereocenters. The van der Waals surface area contributed by atoms with Crippen molar-refractivity contribution in [1.82, 2.24) is 0 Å². The molecule has 0 amide bonds. The molecule has 2 radical (unpaired) electrons. The van der Waals surface area contributed by atoms with Crippen LogP contribution in [0.2, 0.25) is 10.0 Å². The summed E-state index contributed by atoms with van der Waals surface area (Å²) in [5, 5.41) is 21.9. The van der Waals surface area contributed by atoms with E-state index in [0.29, 0.717) is 23.1 Å². The van der Waals surface area contributed by atoms with Crippen LogP contribution in [0.1, 0.15) is 39.5 Å². The quantitative estimate of drug-likeness (QED) is 0.0511. The number of aliphatic carboxylic acids is 2. The first-order valence-electron chi connectivity index (χ1n) is 12.5. The molecule has 12 N–H and O–H groups in total. The molecular weight excluding hydrogens is 856 g/mol. The maximum atomic E-state index is 9.00. The third-order valence-corrected chi connectivity index (χ3v) is 4.82. The maximum absolute atomic E-state index is 9.00. The summed E-state index contributed by atoms with van der Waals surface area (Å²) in [7, 11) is 0. The Morgan fingerprint density at radius 2 is 0.854 bits per heavy atom. The Bertz CT molecular complexity index is 1140. The predicted molar refractivity (Wildman–Crippen MR) is 171 cm³/mol. The Balaban J connectivity index is -0.000000216. The van der Waals surface area contributed by atoms with Gasteiger partial charge in [0, 0.05) is 48.4 Å². The summed E-state index contributed by atoms with van der Waals surface area (Å²) in [4.78, 5) is 34.5. The molecule has 0 heterocycles. The maximum Gasteiger partial charge on any atom is 2.00 e. The Hall–Kier alpha value is -2.36. The molecular formula is C26H38Cl6Cu2N10O4. The number of carboxylic acids is 2. The summed E-state index contributed by atoms with van der Waals surface area (Å²) >= 11 is 11.7. The number of hydrogen-bond acceptors (Lipinski definition) is 4. The molecule has 0 bridgehead atoms. The minimum absolute atomic E-state index is 0. The van der Waals surface area contributed by atoms with Crippen LogP contribution in [0.4, 0.5) is 11.4 Å². The second-order valence-corrected chi connectivity index (χ2v) is 9.06. The van der Waals surface area contributed by atoms with Crippen molar-refractivity contribution in [3.05, 3.63) is 58.6 Å². The molecule has 0 atom stereocenters. The van der Waals surface area contributed by atoms with Crippen molar-refractivity contribution in [1.29, 1.82) is 0 Å². The first-order valence-corrected chi connectivity index (χ1v) is 13.3. The topological polar surface area (TPSA) is 252 Å². The van der Waals surface area contributed by atoms with E-state index >= 15 is 0 Å². The van der Waals surface area contributed by atoms with Gasteiger partial charge < -0.3 is 93.4 Å². The van der Waals surface area contributed by atoms with E-state index in [-0.39, 0.29) is 108 Å². The first kappa shape index (κ1) is 60.9. The molecule has 2 aromatic carbocycles. The molecule has 0 aliphatic heterocycles. The monoisotopic (exact) mass is 890 g/mol. The standard InChI is InChI=1S/C22H30Cl2N10.2C2H4O2.4ClH.2Cu/c23-15-5-9-17(10-6-15)31-21(27)33-19(25)29-13-3-1-2-4-14-30-20(26)34-22(28)32-18-11-7-16(24)8-12-18;2*1-2(3)4;;;;;;/h5-12H,1-4,13-14H2,(H5,25,27,29,31,33)(H5,26,28,30,32,34);2*1H3,(H,3,4);4*1H;;/q;;;;;;;2*+2/p-4. The molecule has 0 saturated heterocycles. The fraction of sp³-hybridized carbons (Fsp3) is 0.308. The van der Waals surface area contributed by atoms with E-state index in [1.807, 2.05) is 0 Å². The van der Waals surface area contributed by atoms with Gasteiger partial charge in [-0.25, -0.2) is 0 Å². The molecule has 0 aliphatic carbocycles. The van der Waals surface area contributed by atoms with Gasteiger partial charge in [-0.2, -0.15) is 9.98 Å². The summed E-state index contributed by atoms with van der Waals surface area (Å²) in [6.07, 6.45) is 3.68. The van der Waals surface area contributed by atoms with E-state index in [4.69, 9.17) is 65.9 Å². The molecule has 0 aromatic heterocycles. The molecule has 2 aromatic rings. The zero-order valence-corrected chi connectivity index (χ0v) is 32.0. The van der Waals surface area contributed by atoms with E-state index in [9.17, 15) is 0 Å². The van der Waals surface area contributed by atoms with Crippen molar-refractivity contribution >= 4 is 70.4 Å². The largest absolute Gasteiger partial charge is 2.00 e. The molecule has 14 nitrogen and oxygen atoms in total. The summed E-state index contributed by atoms with van der Waals surface area (Å²) in [5.74, 6) is -1.10. The number of nitrogens with zero attached hydrogens (tertiary/aromatic N) is 4. The van der Waals surface area contributed by atoms with Crippen molar-refractivity contribution < 1.29 is 104 Å². The fourth-order valence-corrected chi connectivity index (χ4v) is 2.95. The number of nitrogens with two attached hydrogens (primary N) is 4. The molecule has 0 aliphatic rings. The first-order chi connectivity index (χ1) is 19.8. The number of carbonyl (C=O) groups is 2. The van der Waals surface area contributed by atoms with Crippen molar-refractivity contribution in [3.8, 4) is 0 Å². The number of anilines is 2. The Morgan fingerprint density at radius 1 is 0.604 bits per heavy atom. The van der Waals surface area contributed by atoms with Gasteiger partial charge >= 0.3 is 34.1 Å². The Kier molecular flexibility index (Phi) is 47.5. The van der Waals surface area contributed by atoms with E-state index in [1.54, 1.807) is 48.5 Å². The SMILES string of the molecule is CC(=O)O.CC(=O)O.NC(=NCCCCCCN=C(N)/N=C(\N)Nc1ccc(Cl)cc1)/N=C(\N)Nc1ccc(Cl)cc1.[Cl-].[Cl-].[Cl-].[Cl-].[Cu+2].[Cu+2]. The van der Waals surface area contributed by atoms with Crippen molar-refractivity contribution in [2.45, 2.75) is 39.5 Å². The van der Waals surface area contributed by atoms with Crippen LogP contribution in [0, 0.1) is 0 Å². The molecule has 48 heavy (non-hydrogen) atoms. The van der Waals surface area contributed by atoms with Gasteiger partial charge in [-0.1, -0.05) is 36.0 Å². The van der Waals surface area contributed by atoms with E-state index in [0.717, 1.165) is 50.9 Å². The van der Waals surface area contributed by atoms with Crippen molar-refractivity contribution in [2.75, 3.05) is 23.7 Å². The smallest absolute Gasteiger partial charge is 1.00 e. The number of unbranched alkanes of at least 4 members (excludes halogenated alkanes) is 3. The van der Waals surface area contributed by atoms with Crippen LogP contribution in [0.5, 0.6) is 0 Å². The van der Waals surface area contributed by atoms with Crippen molar-refractivity contribution in [2.24, 2.45) is 42.9 Å². The summed E-state index contributed by atoms with van der Waals surface area (Å²) in [6.45, 7) is 3.29. The van der Waals surface area contributed by atoms with E-state index in [1.165, 1.54) is 0 Å². The van der Waals surface area contributed by atoms with Gasteiger partial charge in [0.2, 0.25) is 23.8 Å². The summed E-state index contributed by atoms with van der Waals surface area (Å²) in [5.41, 5.74) is 24.8. The number of benzene rings is 2. The molecule has 280 valence electrons. The minimum Gasteiger partial charge on any atom is -1.00 e. The average Bonchev–Trinajstić information content (AvgIpc) is 2.87. The van der Waals surface area contributed by atoms with E-state index < -0.39 is 11.9 Å². The van der Waals surface area contributed by atoms with Gasteiger partial charge in [-0.05, 0) is 61.4 Å². The second kappa shape index (κ2) is 37.5. The molecule has 22 heteroatoms. The number of hydrogen-bond donors (Lipinski definition) is 8. The summed E-state index contributed by atoms with van der Waals surface area (Å²) in [6, 6.07) is 14.1. The van der Waals surface area contributed by atoms with Gasteiger partial charge in [-0.3, -0.25) is 19.6 Å². The number of nitrogens with one attached hydrogen (secondary N) is 2. The van der Waals surface area contributed by atoms with Gasteiger partial charge in [0.1, 0.15) is 0 Å². The molecule has 2 rings (SSSR count). The molecule has 0 saturated carbocycles. The Labute approximate surface area is 336 Å². The second-order valence-electron chi connectivity index (χ2n) is 8.19. The van der Waals surface area contributed by atoms with Crippen LogP contribution in [0.15, 0.2) is 68.5 Å². The van der Waals surface area contributed by atoms with Gasteiger partial charge in [0.05, 0.1) is 0 Å². The third-order valence-electron chi connectivity index (χ3n) is 4.32. The number of halogens is 6. The zero-order valence-electron chi connectivity index (χ0n) is 25.5. The zero-order chi connectivity index (χ0) is 31.9. The predicted octanol–water partition coefficient (Wildman–Crippen LogP) is -8.47. The number of guanidine groups is 4. The third kappa shape index (κ3) is 39.8. The Morgan fingerprint density at radius 3 is 1.10 bits per heavy atom. The molecule has 0 fully saturated rings. The molecule has 0 spiro atoms. The van der Waals surface area contributed by atoms with Crippen molar-refractivity contribution in [3.63, 3.8) is 0 Å². The summed E-state index contributed by atoms with van der Waals surface area (Å²) < 4.78 is 0. The van der Waals surface area contributed by atoms with E-state index in [2.05, 4.69) is 30.6 Å². The fourth-order valence-electron chi connectivity index (χ4n) is 2.70. The van der Waals surface area contributed by atoms with Gasteiger partial charge in [-0.15, -0.1) is 0 Å². The minimum atomic E-state index is -0.833. The number of rotatable bonds is 9. The number of carboxylic acid groups (broad SMARTS) is 2.